The molecule has 1 aromatic carbocycles. The third-order valence-electron chi connectivity index (χ3n) is 3.92. The van der Waals surface area contributed by atoms with Gasteiger partial charge in [0.15, 0.2) is 0 Å². The largest absolute Gasteiger partial charge is 0.310 e. The number of nitrogens with one attached hydrogen (secondary N) is 1. The summed E-state index contributed by atoms with van der Waals surface area (Å²) in [6.45, 7) is 1.15. The highest BCUT2D eigenvalue weighted by molar-refractivity contribution is 7.89. The maximum Gasteiger partial charge on any atom is 0.243 e. The normalized spacial score (nSPS) is 28.3. The highest BCUT2D eigenvalue weighted by Crippen LogP contribution is 2.26. The lowest BCUT2D eigenvalue weighted by Gasteiger charge is -2.23. The first-order valence-electron chi connectivity index (χ1n) is 6.57. The average Bonchev–Trinajstić information content (AvgIpc) is 2.68. The fourth-order valence-corrected chi connectivity index (χ4v) is 4.71. The van der Waals surface area contributed by atoms with Crippen molar-refractivity contribution in [2.75, 3.05) is 13.1 Å². The third kappa shape index (κ3) is 2.65. The van der Waals surface area contributed by atoms with Crippen molar-refractivity contribution < 1.29 is 8.42 Å². The summed E-state index contributed by atoms with van der Waals surface area (Å²) in [5, 5.41) is 3.94. The van der Waals surface area contributed by atoms with Crippen LogP contribution in [0.15, 0.2) is 29.2 Å². The van der Waals surface area contributed by atoms with Crippen molar-refractivity contribution >= 4 is 21.6 Å². The van der Waals surface area contributed by atoms with E-state index in [-0.39, 0.29) is 4.90 Å². The molecular weight excluding hydrogens is 284 g/mol. The van der Waals surface area contributed by atoms with E-state index in [1.165, 1.54) is 6.07 Å². The summed E-state index contributed by atoms with van der Waals surface area (Å²) in [7, 11) is -3.42. The van der Waals surface area contributed by atoms with Crippen LogP contribution >= 0.6 is 11.6 Å². The molecule has 4 nitrogen and oxygen atoms in total. The predicted molar refractivity (Wildman–Crippen MR) is 74.8 cm³/mol. The first-order chi connectivity index (χ1) is 9.05. The van der Waals surface area contributed by atoms with Crippen molar-refractivity contribution in [1.29, 1.82) is 0 Å². The molecule has 0 aliphatic carbocycles. The summed E-state index contributed by atoms with van der Waals surface area (Å²) < 4.78 is 26.8. The van der Waals surface area contributed by atoms with Crippen LogP contribution in [0.2, 0.25) is 5.02 Å². The van der Waals surface area contributed by atoms with Gasteiger partial charge in [0.2, 0.25) is 10.0 Å². The lowest BCUT2D eigenvalue weighted by Crippen LogP contribution is -2.39. The van der Waals surface area contributed by atoms with E-state index in [1.54, 1.807) is 22.5 Å². The Balaban J connectivity index is 1.88. The van der Waals surface area contributed by atoms with Crippen molar-refractivity contribution in [3.05, 3.63) is 29.3 Å². The van der Waals surface area contributed by atoms with Gasteiger partial charge >= 0.3 is 0 Å². The molecule has 2 unspecified atom stereocenters. The Morgan fingerprint density at radius 3 is 2.79 bits per heavy atom. The van der Waals surface area contributed by atoms with Crippen LogP contribution in [0.25, 0.3) is 0 Å². The molecule has 1 aromatic rings. The molecular formula is C13H17ClN2O2S. The van der Waals surface area contributed by atoms with Crippen molar-refractivity contribution in [2.24, 2.45) is 0 Å². The molecule has 2 aliphatic rings. The fraction of sp³-hybridized carbons (Fsp3) is 0.538. The second-order valence-corrected chi connectivity index (χ2v) is 7.62. The number of nitrogens with zero attached hydrogens (tertiary/aromatic N) is 1. The molecule has 2 aliphatic heterocycles. The Kier molecular flexibility index (Phi) is 3.55. The van der Waals surface area contributed by atoms with Crippen LogP contribution in [0, 0.1) is 0 Å². The van der Waals surface area contributed by atoms with Gasteiger partial charge in [-0.15, -0.1) is 0 Å². The Bertz CT molecular complexity index is 576. The van der Waals surface area contributed by atoms with Crippen LogP contribution < -0.4 is 5.32 Å². The van der Waals surface area contributed by atoms with Crippen molar-refractivity contribution in [3.8, 4) is 0 Å². The molecule has 2 heterocycles. The molecule has 0 aromatic heterocycles. The third-order valence-corrected chi connectivity index (χ3v) is 6.02. The van der Waals surface area contributed by atoms with Crippen LogP contribution in [0.5, 0.6) is 0 Å². The molecule has 0 saturated carbocycles. The number of hydrogen-bond acceptors (Lipinski definition) is 3. The molecule has 104 valence electrons. The summed E-state index contributed by atoms with van der Waals surface area (Å²) in [4.78, 5) is 0.290. The van der Waals surface area contributed by atoms with Gasteiger partial charge in [-0.2, -0.15) is 4.31 Å². The van der Waals surface area contributed by atoms with Gasteiger partial charge in [0.05, 0.1) is 4.90 Å². The van der Waals surface area contributed by atoms with E-state index in [0.717, 1.165) is 19.3 Å². The zero-order valence-electron chi connectivity index (χ0n) is 10.5. The molecule has 2 saturated heterocycles. The summed E-state index contributed by atoms with van der Waals surface area (Å²) in [5.74, 6) is 0. The van der Waals surface area contributed by atoms with E-state index in [1.807, 2.05) is 0 Å². The minimum atomic E-state index is -3.42. The van der Waals surface area contributed by atoms with Gasteiger partial charge in [-0.05, 0) is 37.5 Å². The summed E-state index contributed by atoms with van der Waals surface area (Å²) in [5.41, 5.74) is 0. The number of halogens is 1. The lowest BCUT2D eigenvalue weighted by molar-refractivity contribution is 0.383. The Morgan fingerprint density at radius 2 is 2.00 bits per heavy atom. The second-order valence-electron chi connectivity index (χ2n) is 5.25. The lowest BCUT2D eigenvalue weighted by atomic mass is 10.1. The van der Waals surface area contributed by atoms with Gasteiger partial charge in [0, 0.05) is 30.2 Å². The van der Waals surface area contributed by atoms with Gasteiger partial charge in [-0.1, -0.05) is 17.7 Å². The zero-order valence-corrected chi connectivity index (χ0v) is 12.1. The van der Waals surface area contributed by atoms with Crippen molar-refractivity contribution in [2.45, 2.75) is 36.2 Å². The number of fused-ring (bicyclic) bond motifs is 2. The Morgan fingerprint density at radius 1 is 1.21 bits per heavy atom. The van der Waals surface area contributed by atoms with Crippen molar-refractivity contribution in [1.82, 2.24) is 9.62 Å². The molecule has 2 bridgehead atoms. The SMILES string of the molecule is O=S(=O)(c1cccc(Cl)c1)N1CCC2CCC(C1)N2. The average molecular weight is 301 g/mol. The maximum atomic E-state index is 12.6. The highest BCUT2D eigenvalue weighted by atomic mass is 35.5. The van der Waals surface area contributed by atoms with Gasteiger partial charge in [-0.3, -0.25) is 0 Å². The van der Waals surface area contributed by atoms with E-state index in [9.17, 15) is 8.42 Å². The fourth-order valence-electron chi connectivity index (χ4n) is 2.91. The molecule has 19 heavy (non-hydrogen) atoms. The maximum absolute atomic E-state index is 12.6. The number of rotatable bonds is 2. The standard InChI is InChI=1S/C13H17ClN2O2S/c14-10-2-1-3-13(8-10)19(17,18)16-7-6-11-4-5-12(9-16)15-11/h1-3,8,11-12,15H,4-7,9H2. The monoisotopic (exact) mass is 300 g/mol. The van der Waals surface area contributed by atoms with Crippen LogP contribution in [-0.2, 0) is 10.0 Å². The number of benzene rings is 1. The molecule has 0 radical (unpaired) electrons. The van der Waals surface area contributed by atoms with E-state index >= 15 is 0 Å². The van der Waals surface area contributed by atoms with E-state index in [0.29, 0.717) is 30.2 Å². The minimum absolute atomic E-state index is 0.290. The summed E-state index contributed by atoms with van der Waals surface area (Å²) in [6.07, 6.45) is 3.11. The Hall–Kier alpha value is -0.620. The summed E-state index contributed by atoms with van der Waals surface area (Å²) >= 11 is 5.89. The van der Waals surface area contributed by atoms with Crippen molar-refractivity contribution in [3.63, 3.8) is 0 Å². The molecule has 2 fully saturated rings. The number of sulfonamides is 1. The highest BCUT2D eigenvalue weighted by Gasteiger charge is 2.34. The molecule has 3 rings (SSSR count). The molecule has 6 heteroatoms. The smallest absolute Gasteiger partial charge is 0.243 e. The van der Waals surface area contributed by atoms with E-state index < -0.39 is 10.0 Å². The molecule has 1 N–H and O–H groups in total. The van der Waals surface area contributed by atoms with Gasteiger partial charge < -0.3 is 5.32 Å². The molecule has 2 atom stereocenters. The van der Waals surface area contributed by atoms with Gasteiger partial charge in [0.25, 0.3) is 0 Å². The second kappa shape index (κ2) is 5.05. The first-order valence-corrected chi connectivity index (χ1v) is 8.39. The predicted octanol–water partition coefficient (Wildman–Crippen LogP) is 1.85. The quantitative estimate of drug-likeness (QED) is 0.907. The van der Waals surface area contributed by atoms with Crippen LogP contribution in [0.3, 0.4) is 0 Å². The molecule has 0 spiro atoms. The Labute approximate surface area is 118 Å². The van der Waals surface area contributed by atoms with Crippen LogP contribution in [0.4, 0.5) is 0 Å². The van der Waals surface area contributed by atoms with Crippen LogP contribution in [0.1, 0.15) is 19.3 Å². The number of hydrogen-bond donors (Lipinski definition) is 1. The summed E-state index contributed by atoms with van der Waals surface area (Å²) in [6, 6.07) is 7.26. The minimum Gasteiger partial charge on any atom is -0.310 e. The van der Waals surface area contributed by atoms with E-state index in [2.05, 4.69) is 5.32 Å². The zero-order chi connectivity index (χ0) is 13.5. The first kappa shape index (κ1) is 13.4. The van der Waals surface area contributed by atoms with Gasteiger partial charge in [0.1, 0.15) is 0 Å². The van der Waals surface area contributed by atoms with Crippen LogP contribution in [-0.4, -0.2) is 37.9 Å². The topological polar surface area (TPSA) is 49.4 Å². The molecule has 0 amide bonds. The van der Waals surface area contributed by atoms with Gasteiger partial charge in [-0.25, -0.2) is 8.42 Å². The van der Waals surface area contributed by atoms with E-state index in [4.69, 9.17) is 11.6 Å².